The SMILES string of the molecule is CC(=O)CC(C)(C)CCCOCC(F)(F)F. The fourth-order valence-corrected chi connectivity index (χ4v) is 1.60. The van der Waals surface area contributed by atoms with Crippen LogP contribution >= 0.6 is 0 Å². The van der Waals surface area contributed by atoms with Gasteiger partial charge in [0.05, 0.1) is 0 Å². The Kier molecular flexibility index (Phi) is 6.00. The maximum absolute atomic E-state index is 11.7. The van der Waals surface area contributed by atoms with Gasteiger partial charge in [0, 0.05) is 13.0 Å². The number of ketones is 1. The lowest BCUT2D eigenvalue weighted by Gasteiger charge is -2.22. The molecule has 0 atom stereocenters. The van der Waals surface area contributed by atoms with E-state index in [9.17, 15) is 18.0 Å². The highest BCUT2D eigenvalue weighted by atomic mass is 19.4. The summed E-state index contributed by atoms with van der Waals surface area (Å²) in [5, 5.41) is 0. The third-order valence-electron chi connectivity index (χ3n) is 2.14. The Morgan fingerprint density at radius 2 is 1.81 bits per heavy atom. The van der Waals surface area contributed by atoms with Crippen LogP contribution in [0.15, 0.2) is 0 Å². The van der Waals surface area contributed by atoms with Crippen molar-refractivity contribution in [1.82, 2.24) is 0 Å². The fourth-order valence-electron chi connectivity index (χ4n) is 1.60. The quantitative estimate of drug-likeness (QED) is 0.638. The number of hydrogen-bond acceptors (Lipinski definition) is 2. The molecular weight excluding hydrogens is 221 g/mol. The molecule has 0 saturated carbocycles. The molecule has 2 nitrogen and oxygen atoms in total. The molecule has 0 heterocycles. The minimum atomic E-state index is -4.26. The predicted molar refractivity (Wildman–Crippen MR) is 55.2 cm³/mol. The second-order valence-electron chi connectivity index (χ2n) is 4.81. The van der Waals surface area contributed by atoms with E-state index >= 15 is 0 Å². The molecule has 0 unspecified atom stereocenters. The van der Waals surface area contributed by atoms with Crippen molar-refractivity contribution in [2.75, 3.05) is 13.2 Å². The largest absolute Gasteiger partial charge is 0.411 e. The number of carbonyl (C=O) groups excluding carboxylic acids is 1. The van der Waals surface area contributed by atoms with Crippen molar-refractivity contribution < 1.29 is 22.7 Å². The first-order chi connectivity index (χ1) is 7.12. The molecule has 0 aromatic rings. The summed E-state index contributed by atoms with van der Waals surface area (Å²) in [4.78, 5) is 10.9. The number of rotatable bonds is 7. The summed E-state index contributed by atoms with van der Waals surface area (Å²) in [7, 11) is 0. The predicted octanol–water partition coefficient (Wildman–Crippen LogP) is 3.35. The van der Waals surface area contributed by atoms with Crippen LogP contribution < -0.4 is 0 Å². The Balaban J connectivity index is 3.62. The van der Waals surface area contributed by atoms with Crippen LogP contribution in [-0.4, -0.2) is 25.2 Å². The highest BCUT2D eigenvalue weighted by Gasteiger charge is 2.27. The van der Waals surface area contributed by atoms with Gasteiger partial charge in [-0.3, -0.25) is 0 Å². The Morgan fingerprint density at radius 1 is 1.25 bits per heavy atom. The van der Waals surface area contributed by atoms with Gasteiger partial charge in [0.25, 0.3) is 0 Å². The molecule has 0 bridgehead atoms. The Bertz CT molecular complexity index is 222. The van der Waals surface area contributed by atoms with Crippen molar-refractivity contribution in [1.29, 1.82) is 0 Å². The monoisotopic (exact) mass is 240 g/mol. The summed E-state index contributed by atoms with van der Waals surface area (Å²) in [5.41, 5.74) is -0.159. The molecular formula is C11H19F3O2. The number of ether oxygens (including phenoxy) is 1. The summed E-state index contributed by atoms with van der Waals surface area (Å²) in [6.07, 6.45) is -2.58. The van der Waals surface area contributed by atoms with Crippen LogP contribution in [-0.2, 0) is 9.53 Å². The molecule has 0 rings (SSSR count). The second kappa shape index (κ2) is 6.23. The summed E-state index contributed by atoms with van der Waals surface area (Å²) in [5.74, 6) is 0.0983. The minimum Gasteiger partial charge on any atom is -0.372 e. The zero-order chi connectivity index (χ0) is 12.8. The van der Waals surface area contributed by atoms with E-state index in [1.807, 2.05) is 13.8 Å². The molecule has 0 aromatic heterocycles. The molecule has 0 radical (unpaired) electrons. The van der Waals surface area contributed by atoms with Crippen molar-refractivity contribution in [3.8, 4) is 0 Å². The van der Waals surface area contributed by atoms with Crippen molar-refractivity contribution in [2.45, 2.75) is 46.2 Å². The van der Waals surface area contributed by atoms with Gasteiger partial charge < -0.3 is 9.53 Å². The number of carbonyl (C=O) groups is 1. The first-order valence-electron chi connectivity index (χ1n) is 5.26. The second-order valence-corrected chi connectivity index (χ2v) is 4.81. The van der Waals surface area contributed by atoms with Gasteiger partial charge in [-0.25, -0.2) is 0 Å². The molecule has 16 heavy (non-hydrogen) atoms. The van der Waals surface area contributed by atoms with E-state index in [-0.39, 0.29) is 17.8 Å². The minimum absolute atomic E-state index is 0.0842. The van der Waals surface area contributed by atoms with Crippen LogP contribution in [0.2, 0.25) is 0 Å². The van der Waals surface area contributed by atoms with Crippen LogP contribution in [0.25, 0.3) is 0 Å². The maximum Gasteiger partial charge on any atom is 0.411 e. The summed E-state index contributed by atoms with van der Waals surface area (Å²) in [6, 6.07) is 0. The molecule has 0 fully saturated rings. The molecule has 0 saturated heterocycles. The molecule has 0 N–H and O–H groups in total. The van der Waals surface area contributed by atoms with Crippen molar-refractivity contribution in [3.63, 3.8) is 0 Å². The topological polar surface area (TPSA) is 26.3 Å². The summed E-state index contributed by atoms with van der Waals surface area (Å²) >= 11 is 0. The smallest absolute Gasteiger partial charge is 0.372 e. The number of halogens is 3. The normalized spacial score (nSPS) is 12.9. The molecule has 0 aromatic carbocycles. The van der Waals surface area contributed by atoms with E-state index in [0.717, 1.165) is 0 Å². The average Bonchev–Trinajstić information content (AvgIpc) is 1.98. The maximum atomic E-state index is 11.7. The first-order valence-corrected chi connectivity index (χ1v) is 5.26. The van der Waals surface area contributed by atoms with E-state index in [4.69, 9.17) is 0 Å². The molecule has 0 aliphatic heterocycles. The van der Waals surface area contributed by atoms with Crippen LogP contribution in [0.3, 0.4) is 0 Å². The zero-order valence-corrected chi connectivity index (χ0v) is 9.99. The van der Waals surface area contributed by atoms with Gasteiger partial charge in [-0.05, 0) is 25.2 Å². The van der Waals surface area contributed by atoms with Gasteiger partial charge in [-0.15, -0.1) is 0 Å². The van der Waals surface area contributed by atoms with Crippen molar-refractivity contribution in [2.24, 2.45) is 5.41 Å². The Morgan fingerprint density at radius 3 is 2.25 bits per heavy atom. The highest BCUT2D eigenvalue weighted by molar-refractivity contribution is 5.76. The lowest BCUT2D eigenvalue weighted by molar-refractivity contribution is -0.174. The van der Waals surface area contributed by atoms with Crippen molar-refractivity contribution in [3.05, 3.63) is 0 Å². The third-order valence-corrected chi connectivity index (χ3v) is 2.14. The van der Waals surface area contributed by atoms with E-state index < -0.39 is 12.8 Å². The Labute approximate surface area is 94.2 Å². The lowest BCUT2D eigenvalue weighted by Crippen LogP contribution is -2.19. The van der Waals surface area contributed by atoms with E-state index in [1.165, 1.54) is 6.92 Å². The number of alkyl halides is 3. The van der Waals surface area contributed by atoms with Gasteiger partial charge in [0.1, 0.15) is 12.4 Å². The first kappa shape index (κ1) is 15.4. The lowest BCUT2D eigenvalue weighted by atomic mass is 9.83. The standard InChI is InChI=1S/C11H19F3O2/c1-9(15)7-10(2,3)5-4-6-16-8-11(12,13)14/h4-8H2,1-3H3. The molecule has 0 aliphatic carbocycles. The zero-order valence-electron chi connectivity index (χ0n) is 9.99. The summed E-state index contributed by atoms with van der Waals surface area (Å²) in [6.45, 7) is 4.26. The van der Waals surface area contributed by atoms with Crippen LogP contribution in [0.4, 0.5) is 13.2 Å². The summed E-state index contributed by atoms with van der Waals surface area (Å²) < 4.78 is 39.6. The van der Waals surface area contributed by atoms with Gasteiger partial charge in [-0.1, -0.05) is 13.8 Å². The van der Waals surface area contributed by atoms with Crippen LogP contribution in [0.1, 0.15) is 40.0 Å². The molecule has 5 heteroatoms. The van der Waals surface area contributed by atoms with E-state index in [2.05, 4.69) is 4.74 Å². The highest BCUT2D eigenvalue weighted by Crippen LogP contribution is 2.27. The van der Waals surface area contributed by atoms with Crippen molar-refractivity contribution >= 4 is 5.78 Å². The molecule has 0 amide bonds. The van der Waals surface area contributed by atoms with Gasteiger partial charge in [0.2, 0.25) is 0 Å². The number of Topliss-reactive ketones (excluding diaryl/α,β-unsaturated/α-hetero) is 1. The molecule has 0 spiro atoms. The van der Waals surface area contributed by atoms with Gasteiger partial charge >= 0.3 is 6.18 Å². The van der Waals surface area contributed by atoms with Gasteiger partial charge in [0.15, 0.2) is 0 Å². The van der Waals surface area contributed by atoms with Crippen LogP contribution in [0.5, 0.6) is 0 Å². The third kappa shape index (κ3) is 9.96. The Hall–Kier alpha value is -0.580. The fraction of sp³-hybridized carbons (Fsp3) is 0.909. The van der Waals surface area contributed by atoms with E-state index in [1.54, 1.807) is 0 Å². The van der Waals surface area contributed by atoms with Gasteiger partial charge in [-0.2, -0.15) is 13.2 Å². The van der Waals surface area contributed by atoms with Crippen LogP contribution in [0, 0.1) is 5.41 Å². The number of hydrogen-bond donors (Lipinski definition) is 0. The molecule has 96 valence electrons. The van der Waals surface area contributed by atoms with E-state index in [0.29, 0.717) is 19.3 Å². The molecule has 0 aliphatic rings. The average molecular weight is 240 g/mol.